The first kappa shape index (κ1) is 35.6. The lowest BCUT2D eigenvalue weighted by atomic mass is 9.85. The summed E-state index contributed by atoms with van der Waals surface area (Å²) in [7, 11) is 1.86. The molecule has 3 unspecified atom stereocenters. The van der Waals surface area contributed by atoms with E-state index in [4.69, 9.17) is 25.8 Å². The molecule has 0 saturated carbocycles. The minimum Gasteiger partial charge on any atom is -0.491 e. The van der Waals surface area contributed by atoms with Gasteiger partial charge in [0.25, 0.3) is 5.91 Å². The number of ether oxygens (including phenoxy) is 3. The van der Waals surface area contributed by atoms with Crippen molar-refractivity contribution in [1.29, 1.82) is 0 Å². The van der Waals surface area contributed by atoms with E-state index in [1.807, 2.05) is 62.5 Å². The average Bonchev–Trinajstić information content (AvgIpc) is 3.70. The lowest BCUT2D eigenvalue weighted by molar-refractivity contribution is -0.189. The van der Waals surface area contributed by atoms with E-state index in [0.717, 1.165) is 49.4 Å². The minimum atomic E-state index is -1.07. The minimum absolute atomic E-state index is 0.0438. The quantitative estimate of drug-likeness (QED) is 0.135. The Hall–Kier alpha value is -4.18. The van der Waals surface area contributed by atoms with E-state index in [-0.39, 0.29) is 17.9 Å². The third kappa shape index (κ3) is 7.45. The normalized spacial score (nSPS) is 24.7. The molecule has 9 nitrogen and oxygen atoms in total. The second-order valence-corrected chi connectivity index (χ2v) is 14.0. The van der Waals surface area contributed by atoms with Gasteiger partial charge in [0.1, 0.15) is 24.0 Å². The van der Waals surface area contributed by atoms with Crippen LogP contribution in [0.4, 0.5) is 11.4 Å². The first-order valence-electron chi connectivity index (χ1n) is 17.6. The highest BCUT2D eigenvalue weighted by molar-refractivity contribution is 6.31. The Morgan fingerprint density at radius 3 is 2.48 bits per heavy atom. The zero-order chi connectivity index (χ0) is 35.3. The van der Waals surface area contributed by atoms with Crippen molar-refractivity contribution in [3.8, 4) is 5.75 Å². The van der Waals surface area contributed by atoms with E-state index >= 15 is 0 Å². The Bertz CT molecular complexity index is 1690. The summed E-state index contributed by atoms with van der Waals surface area (Å²) in [6.07, 6.45) is 7.70. The molecule has 6 rings (SSSR count). The molecule has 3 aromatic rings. The van der Waals surface area contributed by atoms with Crippen molar-refractivity contribution in [2.24, 2.45) is 16.0 Å². The molecule has 0 N–H and O–H groups in total. The zero-order valence-corrected chi connectivity index (χ0v) is 30.3. The maximum Gasteiger partial charge on any atom is 0.260 e. The van der Waals surface area contributed by atoms with Crippen LogP contribution in [0.3, 0.4) is 0 Å². The summed E-state index contributed by atoms with van der Waals surface area (Å²) in [4.78, 5) is 21.9. The van der Waals surface area contributed by atoms with Crippen LogP contribution in [0.5, 0.6) is 5.75 Å². The standard InChI is InChI=1S/C40H48ClN5O4/c1-6-22-43-44(5)27-40(36-10-8-9-11-37(36)41)49-26-35(50-40)25-48-34-18-12-30(13-19-34)31-20-23-45(24-21-31)32-14-16-33(17-15-32)46-28-42-39(4,38(46)47)29(3)7-2/h6,8-19,22,28-29,31,35H,1,7,20-21,23-27H2,2-5H3/b43-22-/t29?,35?,39-,40?/m0/s1. The first-order valence-corrected chi connectivity index (χ1v) is 17.9. The van der Waals surface area contributed by atoms with Gasteiger partial charge in [-0.15, -0.1) is 0 Å². The van der Waals surface area contributed by atoms with E-state index in [1.54, 1.807) is 28.5 Å². The molecule has 2 saturated heterocycles. The van der Waals surface area contributed by atoms with Crippen LogP contribution in [-0.4, -0.2) is 75.0 Å². The molecule has 3 aliphatic rings. The maximum atomic E-state index is 13.2. The molecule has 10 heteroatoms. The number of carbonyl (C=O) groups excluding carboxylic acids is 1. The number of aliphatic imine (C=N–C) groups is 1. The Morgan fingerprint density at radius 2 is 1.80 bits per heavy atom. The monoisotopic (exact) mass is 697 g/mol. The Kier molecular flexibility index (Phi) is 11.0. The van der Waals surface area contributed by atoms with Crippen LogP contribution in [0, 0.1) is 5.92 Å². The van der Waals surface area contributed by atoms with E-state index in [1.165, 1.54) is 11.3 Å². The summed E-state index contributed by atoms with van der Waals surface area (Å²) < 4.78 is 19.0. The summed E-state index contributed by atoms with van der Waals surface area (Å²) in [6, 6.07) is 24.3. The fourth-order valence-corrected chi connectivity index (χ4v) is 7.28. The van der Waals surface area contributed by atoms with Crippen LogP contribution >= 0.6 is 11.6 Å². The van der Waals surface area contributed by atoms with Gasteiger partial charge in [-0.25, -0.2) is 0 Å². The molecular formula is C40H48ClN5O4. The van der Waals surface area contributed by atoms with Gasteiger partial charge in [0, 0.05) is 42.6 Å². The summed E-state index contributed by atoms with van der Waals surface area (Å²) in [5.74, 6) is 0.438. The van der Waals surface area contributed by atoms with Crippen LogP contribution in [0.1, 0.15) is 57.1 Å². The summed E-state index contributed by atoms with van der Waals surface area (Å²) in [6.45, 7) is 12.8. The maximum absolute atomic E-state index is 13.2. The second-order valence-electron chi connectivity index (χ2n) is 13.6. The number of benzene rings is 3. The molecule has 0 aliphatic carbocycles. The third-order valence-electron chi connectivity index (χ3n) is 10.4. The van der Waals surface area contributed by atoms with Gasteiger partial charge in [0.05, 0.1) is 25.2 Å². The zero-order valence-electron chi connectivity index (χ0n) is 29.5. The molecule has 0 bridgehead atoms. The molecule has 3 aromatic carbocycles. The number of rotatable bonds is 13. The van der Waals surface area contributed by atoms with E-state index in [9.17, 15) is 4.79 Å². The first-order chi connectivity index (χ1) is 24.2. The molecule has 0 spiro atoms. The van der Waals surface area contributed by atoms with Crippen LogP contribution in [0.2, 0.25) is 5.02 Å². The largest absolute Gasteiger partial charge is 0.491 e. The van der Waals surface area contributed by atoms with Crippen molar-refractivity contribution in [2.75, 3.05) is 49.7 Å². The predicted octanol–water partition coefficient (Wildman–Crippen LogP) is 7.65. The molecule has 3 aliphatic heterocycles. The number of carbonyl (C=O) groups is 1. The third-order valence-corrected chi connectivity index (χ3v) is 10.7. The number of piperidine rings is 1. The van der Waals surface area contributed by atoms with Gasteiger partial charge in [-0.05, 0) is 85.7 Å². The number of amides is 1. The molecule has 50 heavy (non-hydrogen) atoms. The number of hydrazone groups is 1. The highest BCUT2D eigenvalue weighted by Crippen LogP contribution is 2.39. The van der Waals surface area contributed by atoms with Crippen molar-refractivity contribution in [3.05, 3.63) is 102 Å². The van der Waals surface area contributed by atoms with Crippen molar-refractivity contribution in [1.82, 2.24) is 5.01 Å². The molecule has 4 atom stereocenters. The molecule has 264 valence electrons. The molecule has 0 radical (unpaired) electrons. The smallest absolute Gasteiger partial charge is 0.260 e. The highest BCUT2D eigenvalue weighted by Gasteiger charge is 2.46. The lowest BCUT2D eigenvalue weighted by Crippen LogP contribution is -2.43. The SMILES string of the molecule is C=C/C=N\N(C)CC1(c2ccccc2Cl)OCC(COc2ccc(C3CCN(c4ccc(N5C=N[C@@](C)(C(C)CC)C5=O)cc4)CC3)cc2)O1. The van der Waals surface area contributed by atoms with Crippen molar-refractivity contribution in [2.45, 2.75) is 63.4 Å². The number of hydrogen-bond acceptors (Lipinski definition) is 8. The van der Waals surface area contributed by atoms with E-state index in [2.05, 4.69) is 59.7 Å². The number of halogens is 1. The molecule has 0 aromatic heterocycles. The number of allylic oxidation sites excluding steroid dienone is 1. The second kappa shape index (κ2) is 15.4. The van der Waals surface area contributed by atoms with Gasteiger partial charge in [-0.1, -0.05) is 68.8 Å². The lowest BCUT2D eigenvalue weighted by Gasteiger charge is -2.34. The Morgan fingerprint density at radius 1 is 1.10 bits per heavy atom. The van der Waals surface area contributed by atoms with Crippen molar-refractivity contribution >= 4 is 41.4 Å². The predicted molar refractivity (Wildman–Crippen MR) is 202 cm³/mol. The highest BCUT2D eigenvalue weighted by atomic mass is 35.5. The molecule has 1 amide bonds. The van der Waals surface area contributed by atoms with Crippen LogP contribution in [0.15, 0.2) is 95.5 Å². The number of anilines is 2. The van der Waals surface area contributed by atoms with E-state index in [0.29, 0.717) is 30.7 Å². The summed E-state index contributed by atoms with van der Waals surface area (Å²) in [5.41, 5.74) is 3.43. The van der Waals surface area contributed by atoms with Crippen molar-refractivity contribution < 1.29 is 19.0 Å². The summed E-state index contributed by atoms with van der Waals surface area (Å²) in [5, 5.41) is 6.69. The molecule has 2 fully saturated rings. The van der Waals surface area contributed by atoms with Gasteiger partial charge in [-0.3, -0.25) is 19.7 Å². The van der Waals surface area contributed by atoms with Gasteiger partial charge in [-0.2, -0.15) is 5.10 Å². The van der Waals surface area contributed by atoms with Gasteiger partial charge >= 0.3 is 0 Å². The van der Waals surface area contributed by atoms with E-state index < -0.39 is 11.3 Å². The van der Waals surface area contributed by atoms with Gasteiger partial charge < -0.3 is 19.1 Å². The number of likely N-dealkylation sites (N-methyl/N-ethyl adjacent to an activating group) is 1. The molecule has 3 heterocycles. The fourth-order valence-electron chi connectivity index (χ4n) is 7.00. The number of nitrogens with zero attached hydrogens (tertiary/aromatic N) is 5. The number of hydrogen-bond donors (Lipinski definition) is 0. The fraction of sp³-hybridized carbons (Fsp3) is 0.425. The van der Waals surface area contributed by atoms with Gasteiger partial charge in [0.15, 0.2) is 0 Å². The average molecular weight is 698 g/mol. The Labute approximate surface area is 301 Å². The van der Waals surface area contributed by atoms with Crippen molar-refractivity contribution in [3.63, 3.8) is 0 Å². The van der Waals surface area contributed by atoms with Crippen LogP contribution in [-0.2, 0) is 20.1 Å². The van der Waals surface area contributed by atoms with Crippen LogP contribution < -0.4 is 14.5 Å². The Balaban J connectivity index is 1.00. The van der Waals surface area contributed by atoms with Gasteiger partial charge in [0.2, 0.25) is 5.79 Å². The molecular weight excluding hydrogens is 650 g/mol. The topological polar surface area (TPSA) is 79.2 Å². The summed E-state index contributed by atoms with van der Waals surface area (Å²) >= 11 is 6.59. The van der Waals surface area contributed by atoms with Crippen LogP contribution in [0.25, 0.3) is 0 Å².